The van der Waals surface area contributed by atoms with Crippen molar-refractivity contribution in [2.24, 2.45) is 4.99 Å². The molecule has 0 aromatic heterocycles. The van der Waals surface area contributed by atoms with Crippen molar-refractivity contribution in [1.29, 1.82) is 0 Å². The first-order chi connectivity index (χ1) is 15.1. The first-order valence-electron chi connectivity index (χ1n) is 11.1. The molecule has 0 saturated carbocycles. The SMILES string of the molecule is CN=C(NCC1(NC(C)c2ccccc2)CCOCC1)N(C)CCOc1ccccc1. The molecule has 6 heteroatoms. The predicted octanol–water partition coefficient (Wildman–Crippen LogP) is 3.47. The van der Waals surface area contributed by atoms with Crippen LogP contribution in [0.5, 0.6) is 5.75 Å². The van der Waals surface area contributed by atoms with Gasteiger partial charge in [-0.05, 0) is 37.5 Å². The van der Waals surface area contributed by atoms with Crippen LogP contribution in [0.3, 0.4) is 0 Å². The molecule has 0 radical (unpaired) electrons. The summed E-state index contributed by atoms with van der Waals surface area (Å²) in [7, 11) is 3.87. The Morgan fingerprint density at radius 1 is 1.10 bits per heavy atom. The normalized spacial score (nSPS) is 17.1. The first kappa shape index (κ1) is 23.1. The molecule has 1 saturated heterocycles. The summed E-state index contributed by atoms with van der Waals surface area (Å²) >= 11 is 0. The van der Waals surface area contributed by atoms with Crippen LogP contribution in [0.2, 0.25) is 0 Å². The predicted molar refractivity (Wildman–Crippen MR) is 127 cm³/mol. The van der Waals surface area contributed by atoms with Crippen LogP contribution in [0.25, 0.3) is 0 Å². The van der Waals surface area contributed by atoms with Crippen LogP contribution in [0.1, 0.15) is 31.4 Å². The number of para-hydroxylation sites is 1. The van der Waals surface area contributed by atoms with E-state index < -0.39 is 0 Å². The van der Waals surface area contributed by atoms with E-state index in [4.69, 9.17) is 9.47 Å². The minimum Gasteiger partial charge on any atom is -0.492 e. The van der Waals surface area contributed by atoms with Crippen LogP contribution in [-0.2, 0) is 4.74 Å². The average molecular weight is 425 g/mol. The van der Waals surface area contributed by atoms with E-state index in [1.54, 1.807) is 0 Å². The van der Waals surface area contributed by atoms with Crippen LogP contribution in [-0.4, -0.2) is 63.4 Å². The van der Waals surface area contributed by atoms with E-state index in [-0.39, 0.29) is 11.6 Å². The largest absolute Gasteiger partial charge is 0.492 e. The van der Waals surface area contributed by atoms with Gasteiger partial charge in [0.05, 0.1) is 6.54 Å². The van der Waals surface area contributed by atoms with Gasteiger partial charge in [0.25, 0.3) is 0 Å². The molecule has 2 N–H and O–H groups in total. The van der Waals surface area contributed by atoms with Gasteiger partial charge >= 0.3 is 0 Å². The van der Waals surface area contributed by atoms with Gasteiger partial charge in [-0.3, -0.25) is 4.99 Å². The monoisotopic (exact) mass is 424 g/mol. The summed E-state index contributed by atoms with van der Waals surface area (Å²) < 4.78 is 11.5. The summed E-state index contributed by atoms with van der Waals surface area (Å²) in [5, 5.41) is 7.48. The lowest BCUT2D eigenvalue weighted by molar-refractivity contribution is 0.0353. The summed E-state index contributed by atoms with van der Waals surface area (Å²) in [6.45, 7) is 5.92. The number of guanidine groups is 1. The van der Waals surface area contributed by atoms with E-state index in [1.165, 1.54) is 5.56 Å². The summed E-state index contributed by atoms with van der Waals surface area (Å²) in [5.41, 5.74) is 1.26. The maximum atomic E-state index is 5.83. The summed E-state index contributed by atoms with van der Waals surface area (Å²) in [4.78, 5) is 6.59. The zero-order chi connectivity index (χ0) is 21.9. The first-order valence-corrected chi connectivity index (χ1v) is 11.1. The van der Waals surface area contributed by atoms with E-state index in [0.29, 0.717) is 6.61 Å². The number of nitrogens with one attached hydrogen (secondary N) is 2. The van der Waals surface area contributed by atoms with E-state index in [9.17, 15) is 0 Å². The molecule has 0 spiro atoms. The molecule has 0 bridgehead atoms. The lowest BCUT2D eigenvalue weighted by atomic mass is 9.88. The lowest BCUT2D eigenvalue weighted by Gasteiger charge is -2.41. The Balaban J connectivity index is 1.55. The van der Waals surface area contributed by atoms with E-state index in [2.05, 4.69) is 57.8 Å². The van der Waals surface area contributed by atoms with Crippen LogP contribution >= 0.6 is 0 Å². The van der Waals surface area contributed by atoms with Crippen molar-refractivity contribution in [2.45, 2.75) is 31.3 Å². The van der Waals surface area contributed by atoms with Gasteiger partial charge in [-0.15, -0.1) is 0 Å². The Morgan fingerprint density at radius 3 is 2.39 bits per heavy atom. The van der Waals surface area contributed by atoms with Crippen molar-refractivity contribution in [3.05, 3.63) is 66.2 Å². The maximum absolute atomic E-state index is 5.83. The summed E-state index contributed by atoms with van der Waals surface area (Å²) in [6.07, 6.45) is 1.93. The fourth-order valence-corrected chi connectivity index (χ4v) is 3.97. The fourth-order valence-electron chi connectivity index (χ4n) is 3.97. The maximum Gasteiger partial charge on any atom is 0.193 e. The van der Waals surface area contributed by atoms with Gasteiger partial charge in [-0.25, -0.2) is 0 Å². The minimum atomic E-state index is -0.0369. The molecular weight excluding hydrogens is 388 g/mol. The number of aliphatic imine (C=N–C) groups is 1. The van der Waals surface area contributed by atoms with E-state index in [0.717, 1.165) is 50.9 Å². The Morgan fingerprint density at radius 2 is 1.74 bits per heavy atom. The van der Waals surface area contributed by atoms with Crippen molar-refractivity contribution in [1.82, 2.24) is 15.5 Å². The van der Waals surface area contributed by atoms with Crippen LogP contribution in [0, 0.1) is 0 Å². The van der Waals surface area contributed by atoms with Gasteiger partial charge in [0, 0.05) is 45.4 Å². The third-order valence-corrected chi connectivity index (χ3v) is 5.87. The number of rotatable bonds is 9. The van der Waals surface area contributed by atoms with Crippen molar-refractivity contribution in [3.63, 3.8) is 0 Å². The van der Waals surface area contributed by atoms with Gasteiger partial charge in [0.2, 0.25) is 0 Å². The standard InChI is InChI=1S/C25H36N4O2/c1-21(22-10-6-4-7-11-22)28-25(14-17-30-18-15-25)20-27-24(26-2)29(3)16-19-31-23-12-8-5-9-13-23/h4-13,21,28H,14-20H2,1-3H3,(H,26,27). The molecule has 0 aliphatic carbocycles. The number of benzene rings is 2. The van der Waals surface area contributed by atoms with Gasteiger partial charge < -0.3 is 25.0 Å². The number of hydrogen-bond donors (Lipinski definition) is 2. The van der Waals surface area contributed by atoms with Gasteiger partial charge in [-0.2, -0.15) is 0 Å². The smallest absolute Gasteiger partial charge is 0.193 e. The summed E-state index contributed by atoms with van der Waals surface area (Å²) in [5.74, 6) is 1.76. The topological polar surface area (TPSA) is 58.1 Å². The van der Waals surface area contributed by atoms with E-state index in [1.807, 2.05) is 44.4 Å². The number of likely N-dealkylation sites (N-methyl/N-ethyl adjacent to an activating group) is 1. The average Bonchev–Trinajstić information content (AvgIpc) is 2.81. The van der Waals surface area contributed by atoms with E-state index >= 15 is 0 Å². The highest BCUT2D eigenvalue weighted by molar-refractivity contribution is 5.79. The van der Waals surface area contributed by atoms with Crippen LogP contribution in [0.15, 0.2) is 65.7 Å². The lowest BCUT2D eigenvalue weighted by Crippen LogP contribution is -2.58. The molecule has 1 aliphatic rings. The molecule has 1 unspecified atom stereocenters. The highest BCUT2D eigenvalue weighted by Crippen LogP contribution is 2.25. The molecule has 2 aromatic carbocycles. The zero-order valence-corrected chi connectivity index (χ0v) is 19.0. The van der Waals surface area contributed by atoms with Crippen molar-refractivity contribution < 1.29 is 9.47 Å². The molecule has 2 aromatic rings. The Hall–Kier alpha value is -2.57. The minimum absolute atomic E-state index is 0.0369. The third-order valence-electron chi connectivity index (χ3n) is 5.87. The van der Waals surface area contributed by atoms with Crippen LogP contribution in [0.4, 0.5) is 0 Å². The van der Waals surface area contributed by atoms with Crippen molar-refractivity contribution in [2.75, 3.05) is 47.0 Å². The number of hydrogen-bond acceptors (Lipinski definition) is 4. The second-order valence-electron chi connectivity index (χ2n) is 8.15. The highest BCUT2D eigenvalue weighted by atomic mass is 16.5. The molecule has 168 valence electrons. The molecule has 6 nitrogen and oxygen atoms in total. The molecule has 1 heterocycles. The van der Waals surface area contributed by atoms with Gasteiger partial charge in [0.1, 0.15) is 12.4 Å². The molecular formula is C25H36N4O2. The number of ether oxygens (including phenoxy) is 2. The molecule has 3 rings (SSSR count). The van der Waals surface area contributed by atoms with Crippen LogP contribution < -0.4 is 15.4 Å². The molecule has 1 fully saturated rings. The zero-order valence-electron chi connectivity index (χ0n) is 19.0. The molecule has 31 heavy (non-hydrogen) atoms. The van der Waals surface area contributed by atoms with Gasteiger partial charge in [0.15, 0.2) is 5.96 Å². The third kappa shape index (κ3) is 6.97. The Labute approximate surface area is 186 Å². The fraction of sp³-hybridized carbons (Fsp3) is 0.480. The van der Waals surface area contributed by atoms with Crippen molar-refractivity contribution in [3.8, 4) is 5.75 Å². The summed E-state index contributed by atoms with van der Waals surface area (Å²) in [6, 6.07) is 20.8. The second kappa shape index (κ2) is 11.7. The Kier molecular flexibility index (Phi) is 8.74. The molecule has 1 atom stereocenters. The quantitative estimate of drug-likeness (QED) is 0.477. The molecule has 1 aliphatic heterocycles. The van der Waals surface area contributed by atoms with Gasteiger partial charge in [-0.1, -0.05) is 48.5 Å². The number of nitrogens with zero attached hydrogens (tertiary/aromatic N) is 2. The second-order valence-corrected chi connectivity index (χ2v) is 8.15. The highest BCUT2D eigenvalue weighted by Gasteiger charge is 2.34. The Bertz CT molecular complexity index is 792. The molecule has 0 amide bonds. The van der Waals surface area contributed by atoms with Crippen molar-refractivity contribution >= 4 is 5.96 Å².